The molecule has 2 aliphatic heterocycles. The number of amides is 1. The van der Waals surface area contributed by atoms with Crippen molar-refractivity contribution in [2.75, 3.05) is 32.8 Å². The van der Waals surface area contributed by atoms with Crippen molar-refractivity contribution in [1.29, 1.82) is 0 Å². The maximum Gasteiger partial charge on any atom is 0.243 e. The Labute approximate surface area is 172 Å². The third-order valence-corrected chi connectivity index (χ3v) is 6.59. The number of nitrogens with two attached hydrogens (primary N) is 1. The Hall–Kier alpha value is -1.55. The first-order chi connectivity index (χ1) is 12.7. The second-order valence-corrected chi connectivity index (χ2v) is 9.63. The molecule has 1 fully saturated rings. The van der Waals surface area contributed by atoms with E-state index in [1.807, 2.05) is 13.8 Å². The highest BCUT2D eigenvalue weighted by Gasteiger charge is 2.33. The van der Waals surface area contributed by atoms with Crippen LogP contribution in [0.5, 0.6) is 11.5 Å². The number of fused-ring (bicyclic) bond motifs is 1. The first-order valence-corrected chi connectivity index (χ1v) is 10.6. The van der Waals surface area contributed by atoms with Crippen molar-refractivity contribution in [3.63, 3.8) is 0 Å². The SMILES string of the molecule is CC(C)(N)CNC(=O)C1CCN(S(=O)(=O)c2ccc3c(c2)OCCO3)CC1.Cl. The Kier molecular flexibility index (Phi) is 7.19. The van der Waals surface area contributed by atoms with E-state index >= 15 is 0 Å². The number of ether oxygens (including phenoxy) is 2. The predicted octanol–water partition coefficient (Wildman–Crippen LogP) is 1.13. The molecule has 0 saturated carbocycles. The summed E-state index contributed by atoms with van der Waals surface area (Å²) in [6, 6.07) is 4.66. The van der Waals surface area contributed by atoms with Crippen LogP contribution in [-0.2, 0) is 14.8 Å². The summed E-state index contributed by atoms with van der Waals surface area (Å²) >= 11 is 0. The van der Waals surface area contributed by atoms with Gasteiger partial charge in [0.1, 0.15) is 13.2 Å². The second kappa shape index (κ2) is 8.86. The standard InChI is InChI=1S/C18H27N3O5S.ClH/c1-18(2,19)12-20-17(22)13-5-7-21(8-6-13)27(23,24)14-3-4-15-16(11-14)26-10-9-25-15;/h3-4,11,13H,5-10,12,19H2,1-2H3,(H,20,22);1H. The van der Waals surface area contributed by atoms with E-state index in [0.29, 0.717) is 57.2 Å². The van der Waals surface area contributed by atoms with Gasteiger partial charge in [0.15, 0.2) is 11.5 Å². The van der Waals surface area contributed by atoms with Gasteiger partial charge >= 0.3 is 0 Å². The minimum absolute atomic E-state index is 0. The number of hydrogen-bond donors (Lipinski definition) is 2. The molecule has 0 aromatic heterocycles. The Morgan fingerprint density at radius 2 is 1.82 bits per heavy atom. The van der Waals surface area contributed by atoms with Gasteiger partial charge < -0.3 is 20.5 Å². The summed E-state index contributed by atoms with van der Waals surface area (Å²) in [5.41, 5.74) is 5.41. The molecule has 2 heterocycles. The first-order valence-electron chi connectivity index (χ1n) is 9.13. The zero-order valence-electron chi connectivity index (χ0n) is 16.1. The van der Waals surface area contributed by atoms with E-state index in [0.717, 1.165) is 0 Å². The van der Waals surface area contributed by atoms with Gasteiger partial charge in [-0.05, 0) is 38.8 Å². The predicted molar refractivity (Wildman–Crippen MR) is 107 cm³/mol. The fraction of sp³-hybridized carbons (Fsp3) is 0.611. The topological polar surface area (TPSA) is 111 Å². The lowest BCUT2D eigenvalue weighted by Crippen LogP contribution is -2.48. The fourth-order valence-electron chi connectivity index (χ4n) is 3.15. The summed E-state index contributed by atoms with van der Waals surface area (Å²) in [5, 5.41) is 2.85. The maximum absolute atomic E-state index is 12.9. The Morgan fingerprint density at radius 3 is 2.43 bits per heavy atom. The molecule has 0 atom stereocenters. The van der Waals surface area contributed by atoms with Gasteiger partial charge in [-0.1, -0.05) is 0 Å². The molecule has 0 spiro atoms. The van der Waals surface area contributed by atoms with E-state index in [9.17, 15) is 13.2 Å². The molecule has 1 amide bonds. The summed E-state index contributed by atoms with van der Waals surface area (Å²) in [4.78, 5) is 12.4. The monoisotopic (exact) mass is 433 g/mol. The van der Waals surface area contributed by atoms with Crippen molar-refractivity contribution in [3.05, 3.63) is 18.2 Å². The first kappa shape index (κ1) is 22.7. The van der Waals surface area contributed by atoms with E-state index < -0.39 is 15.6 Å². The largest absolute Gasteiger partial charge is 0.486 e. The van der Waals surface area contributed by atoms with Crippen LogP contribution >= 0.6 is 12.4 Å². The Balaban J connectivity index is 0.00000280. The minimum Gasteiger partial charge on any atom is -0.486 e. The number of rotatable bonds is 5. The normalized spacial score (nSPS) is 18.2. The molecule has 3 N–H and O–H groups in total. The van der Waals surface area contributed by atoms with E-state index in [4.69, 9.17) is 15.2 Å². The van der Waals surface area contributed by atoms with Crippen LogP contribution in [-0.4, -0.2) is 57.0 Å². The third-order valence-electron chi connectivity index (χ3n) is 4.69. The number of hydrogen-bond acceptors (Lipinski definition) is 6. The molecule has 28 heavy (non-hydrogen) atoms. The molecule has 1 saturated heterocycles. The quantitative estimate of drug-likeness (QED) is 0.720. The van der Waals surface area contributed by atoms with Gasteiger partial charge in [-0.2, -0.15) is 4.31 Å². The maximum atomic E-state index is 12.9. The van der Waals surface area contributed by atoms with Crippen LogP contribution in [0.3, 0.4) is 0 Å². The third kappa shape index (κ3) is 5.28. The molecule has 0 bridgehead atoms. The van der Waals surface area contributed by atoms with Gasteiger partial charge in [-0.25, -0.2) is 8.42 Å². The Bertz CT molecular complexity index is 802. The molecule has 158 valence electrons. The molecule has 10 heteroatoms. The highest BCUT2D eigenvalue weighted by molar-refractivity contribution is 7.89. The summed E-state index contributed by atoms with van der Waals surface area (Å²) < 4.78 is 38.2. The highest BCUT2D eigenvalue weighted by Crippen LogP contribution is 2.34. The molecule has 3 rings (SSSR count). The van der Waals surface area contributed by atoms with Gasteiger partial charge in [0.05, 0.1) is 4.90 Å². The highest BCUT2D eigenvalue weighted by atomic mass is 35.5. The lowest BCUT2D eigenvalue weighted by molar-refractivity contribution is -0.126. The number of piperidine rings is 1. The molecule has 1 aromatic carbocycles. The van der Waals surface area contributed by atoms with Gasteiger partial charge in [0.25, 0.3) is 0 Å². The number of carbonyl (C=O) groups is 1. The molecule has 0 aliphatic carbocycles. The van der Waals surface area contributed by atoms with Crippen LogP contribution in [0.15, 0.2) is 23.1 Å². The minimum atomic E-state index is -3.63. The van der Waals surface area contributed by atoms with Crippen LogP contribution in [0.1, 0.15) is 26.7 Å². The van der Waals surface area contributed by atoms with Crippen molar-refractivity contribution in [3.8, 4) is 11.5 Å². The number of sulfonamides is 1. The average Bonchev–Trinajstić information content (AvgIpc) is 2.65. The molecule has 8 nitrogen and oxygen atoms in total. The smallest absolute Gasteiger partial charge is 0.243 e. The van der Waals surface area contributed by atoms with Crippen LogP contribution < -0.4 is 20.5 Å². The van der Waals surface area contributed by atoms with Crippen LogP contribution in [0.2, 0.25) is 0 Å². The van der Waals surface area contributed by atoms with Crippen molar-refractivity contribution >= 4 is 28.3 Å². The number of halogens is 1. The van der Waals surface area contributed by atoms with E-state index in [2.05, 4.69) is 5.32 Å². The zero-order valence-corrected chi connectivity index (χ0v) is 17.8. The fourth-order valence-corrected chi connectivity index (χ4v) is 4.64. The van der Waals surface area contributed by atoms with Gasteiger partial charge in [0, 0.05) is 37.2 Å². The van der Waals surface area contributed by atoms with Crippen molar-refractivity contribution in [2.24, 2.45) is 11.7 Å². The molecular formula is C18H28ClN3O5S. The van der Waals surface area contributed by atoms with Gasteiger partial charge in [-0.3, -0.25) is 4.79 Å². The number of nitrogens with one attached hydrogen (secondary N) is 1. The van der Waals surface area contributed by atoms with Gasteiger partial charge in [0.2, 0.25) is 15.9 Å². The van der Waals surface area contributed by atoms with Crippen molar-refractivity contribution in [2.45, 2.75) is 37.1 Å². The molecule has 1 aromatic rings. The molecule has 0 unspecified atom stereocenters. The zero-order chi connectivity index (χ0) is 19.7. The van der Waals surface area contributed by atoms with Crippen LogP contribution in [0.25, 0.3) is 0 Å². The average molecular weight is 434 g/mol. The lowest BCUT2D eigenvalue weighted by atomic mass is 9.96. The summed E-state index contributed by atoms with van der Waals surface area (Å²) in [6.45, 7) is 5.54. The van der Waals surface area contributed by atoms with E-state index in [1.165, 1.54) is 16.4 Å². The summed E-state index contributed by atoms with van der Waals surface area (Å²) in [7, 11) is -3.63. The molecule has 0 radical (unpaired) electrons. The van der Waals surface area contributed by atoms with E-state index in [-0.39, 0.29) is 29.1 Å². The molecular weight excluding hydrogens is 406 g/mol. The van der Waals surface area contributed by atoms with E-state index in [1.54, 1.807) is 6.07 Å². The summed E-state index contributed by atoms with van der Waals surface area (Å²) in [5.74, 6) is 0.739. The van der Waals surface area contributed by atoms with Gasteiger partial charge in [-0.15, -0.1) is 12.4 Å². The Morgan fingerprint density at radius 1 is 1.21 bits per heavy atom. The molecule has 2 aliphatic rings. The second-order valence-electron chi connectivity index (χ2n) is 7.69. The number of benzene rings is 1. The van der Waals surface area contributed by atoms with Crippen molar-refractivity contribution < 1.29 is 22.7 Å². The van der Waals surface area contributed by atoms with Crippen LogP contribution in [0, 0.1) is 5.92 Å². The lowest BCUT2D eigenvalue weighted by Gasteiger charge is -2.31. The summed E-state index contributed by atoms with van der Waals surface area (Å²) in [6.07, 6.45) is 0.973. The number of carbonyl (C=O) groups excluding carboxylic acids is 1. The number of nitrogens with zero attached hydrogens (tertiary/aromatic N) is 1. The van der Waals surface area contributed by atoms with Crippen molar-refractivity contribution in [1.82, 2.24) is 9.62 Å². The van der Waals surface area contributed by atoms with Crippen LogP contribution in [0.4, 0.5) is 0 Å².